The van der Waals surface area contributed by atoms with Crippen LogP contribution in [0.25, 0.3) is 0 Å². The summed E-state index contributed by atoms with van der Waals surface area (Å²) in [5.41, 5.74) is 0. The standard InChI is InChI=1S/C8H13S/c1-2-3-4-5-6-7-8-9/h2-6H2,1H3. The van der Waals surface area contributed by atoms with E-state index in [-0.39, 0.29) is 0 Å². The third-order valence-electron chi connectivity index (χ3n) is 1.23. The summed E-state index contributed by atoms with van der Waals surface area (Å²) in [6.45, 7) is 2.21. The molecule has 0 nitrogen and oxygen atoms in total. The van der Waals surface area contributed by atoms with Crippen molar-refractivity contribution in [2.45, 2.75) is 39.0 Å². The molecule has 0 aromatic rings. The van der Waals surface area contributed by atoms with Crippen LogP contribution < -0.4 is 0 Å². The third kappa shape index (κ3) is 7.78. The number of hydrogen-bond acceptors (Lipinski definition) is 0. The van der Waals surface area contributed by atoms with E-state index in [2.05, 4.69) is 30.7 Å². The summed E-state index contributed by atoms with van der Waals surface area (Å²) < 4.78 is 0. The van der Waals surface area contributed by atoms with Gasteiger partial charge in [-0.25, -0.2) is 0 Å². The third-order valence-corrected chi connectivity index (χ3v) is 1.37. The number of unbranched alkanes of at least 4 members (excludes halogenated alkanes) is 4. The molecule has 1 radical (unpaired) electrons. The Balaban J connectivity index is 2.80. The molecule has 0 heterocycles. The first-order valence-electron chi connectivity index (χ1n) is 3.51. The molecule has 51 valence electrons. The second-order valence-corrected chi connectivity index (χ2v) is 2.29. The van der Waals surface area contributed by atoms with Crippen LogP contribution in [0.1, 0.15) is 39.0 Å². The average Bonchev–Trinajstić information content (AvgIpc) is 1.89. The van der Waals surface area contributed by atoms with Crippen LogP contribution in [0.3, 0.4) is 0 Å². The van der Waals surface area contributed by atoms with Crippen molar-refractivity contribution in [3.63, 3.8) is 0 Å². The molecule has 0 bridgehead atoms. The minimum Gasteiger partial charge on any atom is -0.0865 e. The van der Waals surface area contributed by atoms with Gasteiger partial charge >= 0.3 is 0 Å². The molecular weight excluding hydrogens is 128 g/mol. The van der Waals surface area contributed by atoms with E-state index in [0.29, 0.717) is 0 Å². The fourth-order valence-electron chi connectivity index (χ4n) is 0.691. The Morgan fingerprint density at radius 3 is 2.56 bits per heavy atom. The monoisotopic (exact) mass is 141 g/mol. The lowest BCUT2D eigenvalue weighted by atomic mass is 10.2. The van der Waals surface area contributed by atoms with Crippen molar-refractivity contribution in [1.82, 2.24) is 0 Å². The summed E-state index contributed by atoms with van der Waals surface area (Å²) >= 11 is 4.47. The van der Waals surface area contributed by atoms with Gasteiger partial charge in [-0.15, -0.1) is 0 Å². The molecule has 0 rings (SSSR count). The van der Waals surface area contributed by atoms with Gasteiger partial charge in [-0.05, 0) is 19.0 Å². The zero-order valence-electron chi connectivity index (χ0n) is 5.94. The van der Waals surface area contributed by atoms with Crippen molar-refractivity contribution in [3.8, 4) is 11.2 Å². The lowest BCUT2D eigenvalue weighted by molar-refractivity contribution is 0.680. The Labute approximate surface area is 63.4 Å². The largest absolute Gasteiger partial charge is 0.0865 e. The van der Waals surface area contributed by atoms with E-state index in [9.17, 15) is 0 Å². The van der Waals surface area contributed by atoms with Gasteiger partial charge in [0.25, 0.3) is 0 Å². The Hall–Kier alpha value is -0.220. The summed E-state index contributed by atoms with van der Waals surface area (Å²) in [5.74, 6) is 2.87. The predicted molar refractivity (Wildman–Crippen MR) is 44.1 cm³/mol. The van der Waals surface area contributed by atoms with Gasteiger partial charge in [-0.3, -0.25) is 0 Å². The molecule has 0 saturated heterocycles. The van der Waals surface area contributed by atoms with E-state index >= 15 is 0 Å². The van der Waals surface area contributed by atoms with Gasteiger partial charge < -0.3 is 0 Å². The molecule has 0 aliphatic carbocycles. The summed E-state index contributed by atoms with van der Waals surface area (Å²) in [5, 5.41) is 2.48. The smallest absolute Gasteiger partial charge is 0.0101 e. The van der Waals surface area contributed by atoms with Crippen LogP contribution in [0.5, 0.6) is 0 Å². The summed E-state index contributed by atoms with van der Waals surface area (Å²) in [4.78, 5) is 0. The van der Waals surface area contributed by atoms with Crippen molar-refractivity contribution < 1.29 is 0 Å². The van der Waals surface area contributed by atoms with Gasteiger partial charge in [0.1, 0.15) is 0 Å². The van der Waals surface area contributed by atoms with Gasteiger partial charge in [-0.2, -0.15) is 0 Å². The summed E-state index contributed by atoms with van der Waals surface area (Å²) in [6.07, 6.45) is 6.14. The quantitative estimate of drug-likeness (QED) is 0.417. The molecule has 0 spiro atoms. The molecule has 0 unspecified atom stereocenters. The van der Waals surface area contributed by atoms with Crippen molar-refractivity contribution >= 4 is 12.6 Å². The zero-order valence-corrected chi connectivity index (χ0v) is 6.76. The molecule has 0 aliphatic heterocycles. The SMILES string of the molecule is CCCCCCC#C[S]. The van der Waals surface area contributed by atoms with Crippen LogP contribution in [0.2, 0.25) is 0 Å². The first-order valence-corrected chi connectivity index (χ1v) is 3.92. The molecular formula is C8H13S. The molecule has 0 saturated carbocycles. The molecule has 0 N–H and O–H groups in total. The summed E-state index contributed by atoms with van der Waals surface area (Å²) in [7, 11) is 0. The Bertz CT molecular complexity index is 96.9. The maximum atomic E-state index is 4.47. The molecule has 0 aromatic heterocycles. The highest BCUT2D eigenvalue weighted by Gasteiger charge is 1.82. The number of hydrogen-bond donors (Lipinski definition) is 0. The van der Waals surface area contributed by atoms with Crippen LogP contribution in [0.15, 0.2) is 0 Å². The number of rotatable bonds is 4. The first kappa shape index (κ1) is 8.78. The van der Waals surface area contributed by atoms with Crippen molar-refractivity contribution in [2.75, 3.05) is 0 Å². The highest BCUT2D eigenvalue weighted by Crippen LogP contribution is 2.00. The van der Waals surface area contributed by atoms with E-state index in [1.165, 1.54) is 25.7 Å². The van der Waals surface area contributed by atoms with Crippen molar-refractivity contribution in [1.29, 1.82) is 0 Å². The molecule has 0 amide bonds. The van der Waals surface area contributed by atoms with Crippen LogP contribution in [-0.4, -0.2) is 0 Å². The van der Waals surface area contributed by atoms with Gasteiger partial charge in [0.15, 0.2) is 0 Å². The van der Waals surface area contributed by atoms with Crippen molar-refractivity contribution in [3.05, 3.63) is 0 Å². The van der Waals surface area contributed by atoms with Crippen LogP contribution in [0.4, 0.5) is 0 Å². The molecule has 0 aliphatic rings. The second kappa shape index (κ2) is 7.78. The molecule has 0 atom stereocenters. The van der Waals surface area contributed by atoms with Gasteiger partial charge in [-0.1, -0.05) is 32.1 Å². The van der Waals surface area contributed by atoms with E-state index in [1.54, 1.807) is 0 Å². The predicted octanol–water partition coefficient (Wildman–Crippen LogP) is 3.12. The molecule has 9 heavy (non-hydrogen) atoms. The lowest BCUT2D eigenvalue weighted by Crippen LogP contribution is -1.72. The van der Waals surface area contributed by atoms with E-state index in [0.717, 1.165) is 6.42 Å². The van der Waals surface area contributed by atoms with Crippen LogP contribution in [-0.2, 0) is 0 Å². The molecule has 0 aromatic carbocycles. The normalized spacial score (nSPS) is 8.11. The fourth-order valence-corrected chi connectivity index (χ4v) is 0.793. The summed E-state index contributed by atoms with van der Waals surface area (Å²) in [6, 6.07) is 0. The second-order valence-electron chi connectivity index (χ2n) is 2.09. The average molecular weight is 141 g/mol. The topological polar surface area (TPSA) is 0 Å². The molecule has 0 fully saturated rings. The van der Waals surface area contributed by atoms with E-state index in [1.807, 2.05) is 0 Å². The van der Waals surface area contributed by atoms with Gasteiger partial charge in [0.2, 0.25) is 0 Å². The zero-order chi connectivity index (χ0) is 6.95. The highest BCUT2D eigenvalue weighted by atomic mass is 32.1. The van der Waals surface area contributed by atoms with E-state index in [4.69, 9.17) is 0 Å². The van der Waals surface area contributed by atoms with Gasteiger partial charge in [0.05, 0.1) is 0 Å². The highest BCUT2D eigenvalue weighted by molar-refractivity contribution is 7.85. The maximum absolute atomic E-state index is 4.47. The minimum absolute atomic E-state index is 0.990. The van der Waals surface area contributed by atoms with E-state index < -0.39 is 0 Å². The van der Waals surface area contributed by atoms with Gasteiger partial charge in [0, 0.05) is 11.7 Å². The van der Waals surface area contributed by atoms with Crippen LogP contribution in [0, 0.1) is 11.2 Å². The Morgan fingerprint density at radius 2 is 2.00 bits per heavy atom. The molecule has 1 heteroatoms. The maximum Gasteiger partial charge on any atom is 0.0101 e. The minimum atomic E-state index is 0.990. The Kier molecular flexibility index (Phi) is 7.59. The van der Waals surface area contributed by atoms with Crippen molar-refractivity contribution in [2.24, 2.45) is 0 Å². The first-order chi connectivity index (χ1) is 4.41. The lowest BCUT2D eigenvalue weighted by Gasteiger charge is -1.90. The van der Waals surface area contributed by atoms with Crippen LogP contribution >= 0.6 is 12.6 Å². The Morgan fingerprint density at radius 1 is 1.22 bits per heavy atom. The fraction of sp³-hybridized carbons (Fsp3) is 0.750.